The van der Waals surface area contributed by atoms with Gasteiger partial charge in [-0.1, -0.05) is 32.0 Å². The van der Waals surface area contributed by atoms with Crippen molar-refractivity contribution >= 4 is 40.6 Å². The summed E-state index contributed by atoms with van der Waals surface area (Å²) in [7, 11) is 0. The van der Waals surface area contributed by atoms with Gasteiger partial charge in [0.1, 0.15) is 24.2 Å². The van der Waals surface area contributed by atoms with Gasteiger partial charge in [-0.15, -0.1) is 0 Å². The van der Waals surface area contributed by atoms with Gasteiger partial charge in [0.05, 0.1) is 6.10 Å². The van der Waals surface area contributed by atoms with E-state index in [0.29, 0.717) is 5.56 Å². The molecule has 2 rings (SSSR count). The molecule has 0 saturated heterocycles. The van der Waals surface area contributed by atoms with Crippen molar-refractivity contribution in [1.29, 1.82) is 0 Å². The van der Waals surface area contributed by atoms with Crippen LogP contribution in [-0.2, 0) is 30.4 Å². The lowest BCUT2D eigenvalue weighted by molar-refractivity contribution is -0.144. The van der Waals surface area contributed by atoms with Crippen LogP contribution in [-0.4, -0.2) is 80.2 Å². The highest BCUT2D eigenvalue weighted by Crippen LogP contribution is 2.19. The van der Waals surface area contributed by atoms with Gasteiger partial charge in [0.15, 0.2) is 0 Å². The van der Waals surface area contributed by atoms with Crippen molar-refractivity contribution in [2.75, 3.05) is 0 Å². The van der Waals surface area contributed by atoms with Crippen LogP contribution in [0.15, 0.2) is 30.5 Å². The summed E-state index contributed by atoms with van der Waals surface area (Å²) in [6.45, 7) is 4.49. The number of benzene rings is 1. The number of aromatic nitrogens is 1. The summed E-state index contributed by atoms with van der Waals surface area (Å²) in [5, 5.41) is 36.3. The SMILES string of the molecule is CC(C)C(NC(=O)C(CCC(=O)O)NC(=O)C(Cc1c[nH]c2ccccc12)NC(=O)C(N)C(C)O)C(=O)O. The van der Waals surface area contributed by atoms with Crippen molar-refractivity contribution in [2.45, 2.75) is 70.3 Å². The minimum Gasteiger partial charge on any atom is -0.481 e. The fourth-order valence-corrected chi connectivity index (χ4v) is 3.79. The molecule has 0 aliphatic heterocycles. The number of nitrogens with one attached hydrogen (secondary N) is 4. The van der Waals surface area contributed by atoms with Crippen LogP contribution >= 0.6 is 0 Å². The number of carboxylic acid groups (broad SMARTS) is 2. The number of fused-ring (bicyclic) bond motifs is 1. The van der Waals surface area contributed by atoms with Crippen LogP contribution in [0.1, 0.15) is 39.2 Å². The predicted molar refractivity (Wildman–Crippen MR) is 137 cm³/mol. The third kappa shape index (κ3) is 8.28. The van der Waals surface area contributed by atoms with Crippen LogP contribution in [0.25, 0.3) is 10.9 Å². The first-order valence-corrected chi connectivity index (χ1v) is 12.2. The number of carbonyl (C=O) groups excluding carboxylic acids is 3. The maximum Gasteiger partial charge on any atom is 0.326 e. The van der Waals surface area contributed by atoms with Gasteiger partial charge in [0.2, 0.25) is 17.7 Å². The van der Waals surface area contributed by atoms with E-state index in [1.54, 1.807) is 26.1 Å². The first-order valence-electron chi connectivity index (χ1n) is 12.2. The van der Waals surface area contributed by atoms with E-state index < -0.39 is 72.3 Å². The molecule has 1 heterocycles. The van der Waals surface area contributed by atoms with Gasteiger partial charge in [0.25, 0.3) is 0 Å². The Kier molecular flexibility index (Phi) is 10.8. The van der Waals surface area contributed by atoms with Crippen molar-refractivity contribution in [1.82, 2.24) is 20.9 Å². The molecule has 0 aliphatic carbocycles. The van der Waals surface area contributed by atoms with E-state index in [1.165, 1.54) is 6.92 Å². The van der Waals surface area contributed by atoms with Crippen molar-refractivity contribution in [2.24, 2.45) is 11.7 Å². The number of carboxylic acids is 2. The number of H-pyrrole nitrogens is 1. The number of hydrogen-bond donors (Lipinski definition) is 8. The molecule has 0 saturated carbocycles. The molecular weight excluding hydrogens is 498 g/mol. The zero-order chi connectivity index (χ0) is 28.6. The van der Waals surface area contributed by atoms with E-state index in [1.807, 2.05) is 18.2 Å². The molecule has 1 aromatic carbocycles. The first kappa shape index (κ1) is 30.3. The highest BCUT2D eigenvalue weighted by molar-refractivity contribution is 5.95. The van der Waals surface area contributed by atoms with E-state index in [9.17, 15) is 34.2 Å². The van der Waals surface area contributed by atoms with Crippen molar-refractivity contribution < 1.29 is 39.3 Å². The van der Waals surface area contributed by atoms with Gasteiger partial charge in [0, 0.05) is 29.9 Å². The summed E-state index contributed by atoms with van der Waals surface area (Å²) in [6.07, 6.45) is -0.363. The average Bonchev–Trinajstić information content (AvgIpc) is 3.25. The number of nitrogens with two attached hydrogens (primary N) is 1. The second-order valence-corrected chi connectivity index (χ2v) is 9.45. The van der Waals surface area contributed by atoms with Crippen LogP contribution in [0.4, 0.5) is 0 Å². The molecule has 0 bridgehead atoms. The lowest BCUT2D eigenvalue weighted by Gasteiger charge is -2.26. The Labute approximate surface area is 219 Å². The molecule has 5 atom stereocenters. The number of aliphatic hydroxyl groups is 1. The Morgan fingerprint density at radius 3 is 2.11 bits per heavy atom. The van der Waals surface area contributed by atoms with Gasteiger partial charge in [-0.2, -0.15) is 0 Å². The molecule has 0 fully saturated rings. The number of para-hydroxylation sites is 1. The number of aromatic amines is 1. The summed E-state index contributed by atoms with van der Waals surface area (Å²) in [5.74, 6) is -5.49. The summed E-state index contributed by atoms with van der Waals surface area (Å²) >= 11 is 0. The highest BCUT2D eigenvalue weighted by atomic mass is 16.4. The quantitative estimate of drug-likeness (QED) is 0.156. The molecule has 3 amide bonds. The molecule has 5 unspecified atom stereocenters. The van der Waals surface area contributed by atoms with E-state index in [-0.39, 0.29) is 12.8 Å². The number of hydrogen-bond acceptors (Lipinski definition) is 7. The summed E-state index contributed by atoms with van der Waals surface area (Å²) in [6, 6.07) is 2.02. The van der Waals surface area contributed by atoms with Gasteiger partial charge < -0.3 is 42.0 Å². The molecule has 0 aliphatic rings. The average molecular weight is 534 g/mol. The van der Waals surface area contributed by atoms with E-state index in [0.717, 1.165) is 10.9 Å². The lowest BCUT2D eigenvalue weighted by atomic mass is 10.0. The van der Waals surface area contributed by atoms with Crippen molar-refractivity contribution in [3.63, 3.8) is 0 Å². The van der Waals surface area contributed by atoms with E-state index in [4.69, 9.17) is 10.8 Å². The Morgan fingerprint density at radius 2 is 1.53 bits per heavy atom. The van der Waals surface area contributed by atoms with Gasteiger partial charge in [-0.25, -0.2) is 4.79 Å². The number of aliphatic carboxylic acids is 2. The zero-order valence-corrected chi connectivity index (χ0v) is 21.4. The number of aliphatic hydroxyl groups excluding tert-OH is 1. The van der Waals surface area contributed by atoms with Crippen LogP contribution in [0.5, 0.6) is 0 Å². The van der Waals surface area contributed by atoms with E-state index in [2.05, 4.69) is 20.9 Å². The molecule has 13 heteroatoms. The summed E-state index contributed by atoms with van der Waals surface area (Å²) in [4.78, 5) is 64.7. The van der Waals surface area contributed by atoms with Crippen molar-refractivity contribution in [3.8, 4) is 0 Å². The number of rotatable bonds is 14. The van der Waals surface area contributed by atoms with Gasteiger partial charge in [-0.3, -0.25) is 19.2 Å². The van der Waals surface area contributed by atoms with Crippen LogP contribution in [0.2, 0.25) is 0 Å². The molecule has 0 spiro atoms. The fraction of sp³-hybridized carbons (Fsp3) is 0.480. The molecule has 0 radical (unpaired) electrons. The number of amides is 3. The second-order valence-electron chi connectivity index (χ2n) is 9.45. The van der Waals surface area contributed by atoms with Crippen molar-refractivity contribution in [3.05, 3.63) is 36.0 Å². The standard InChI is InChI=1S/C25H35N5O8/c1-12(2)21(25(37)38)30-22(34)17(8-9-19(32)33)28-23(35)18(29-24(36)20(26)13(3)31)10-14-11-27-16-7-5-4-6-15(14)16/h4-7,11-13,17-18,20-21,27,31H,8-10,26H2,1-3H3,(H,28,35)(H,29,36)(H,30,34)(H,32,33)(H,37,38). The largest absolute Gasteiger partial charge is 0.481 e. The molecule has 208 valence electrons. The van der Waals surface area contributed by atoms with E-state index >= 15 is 0 Å². The fourth-order valence-electron chi connectivity index (χ4n) is 3.79. The maximum absolute atomic E-state index is 13.4. The summed E-state index contributed by atoms with van der Waals surface area (Å²) in [5.41, 5.74) is 7.19. The molecule has 2 aromatic rings. The Morgan fingerprint density at radius 1 is 0.921 bits per heavy atom. The molecule has 13 nitrogen and oxygen atoms in total. The van der Waals surface area contributed by atoms with Gasteiger partial charge in [-0.05, 0) is 30.9 Å². The summed E-state index contributed by atoms with van der Waals surface area (Å²) < 4.78 is 0. The minimum absolute atomic E-state index is 0.0227. The Balaban J connectivity index is 2.33. The third-order valence-electron chi connectivity index (χ3n) is 6.06. The minimum atomic E-state index is -1.40. The second kappa shape index (κ2) is 13.5. The zero-order valence-electron chi connectivity index (χ0n) is 21.4. The predicted octanol–water partition coefficient (Wildman–Crippen LogP) is -0.522. The normalized spacial score (nSPS) is 15.2. The third-order valence-corrected chi connectivity index (χ3v) is 6.06. The molecule has 1 aromatic heterocycles. The Hall–Kier alpha value is -3.97. The Bertz CT molecular complexity index is 1160. The maximum atomic E-state index is 13.4. The monoisotopic (exact) mass is 533 g/mol. The van der Waals surface area contributed by atoms with Crippen LogP contribution in [0.3, 0.4) is 0 Å². The lowest BCUT2D eigenvalue weighted by Crippen LogP contribution is -2.59. The van der Waals surface area contributed by atoms with Crippen LogP contribution < -0.4 is 21.7 Å². The smallest absolute Gasteiger partial charge is 0.326 e. The number of carbonyl (C=O) groups is 5. The molecule has 38 heavy (non-hydrogen) atoms. The topological polar surface area (TPSA) is 224 Å². The van der Waals surface area contributed by atoms with Crippen LogP contribution in [0, 0.1) is 5.92 Å². The highest BCUT2D eigenvalue weighted by Gasteiger charge is 2.32. The molecule has 9 N–H and O–H groups in total. The first-order chi connectivity index (χ1) is 17.8. The van der Waals surface area contributed by atoms with Gasteiger partial charge >= 0.3 is 11.9 Å². The molecular formula is C25H35N5O8.